The van der Waals surface area contributed by atoms with Crippen molar-refractivity contribution in [1.29, 1.82) is 0 Å². The van der Waals surface area contributed by atoms with Gasteiger partial charge in [-0.3, -0.25) is 9.59 Å². The van der Waals surface area contributed by atoms with Crippen LogP contribution in [0.2, 0.25) is 0 Å². The zero-order valence-electron chi connectivity index (χ0n) is 12.5. The van der Waals surface area contributed by atoms with Crippen molar-refractivity contribution in [2.75, 3.05) is 13.6 Å². The van der Waals surface area contributed by atoms with E-state index in [9.17, 15) is 14.7 Å². The molecule has 2 amide bonds. The maximum absolute atomic E-state index is 11.8. The summed E-state index contributed by atoms with van der Waals surface area (Å²) in [4.78, 5) is 22.8. The molecule has 0 fully saturated rings. The molecule has 21 heavy (non-hydrogen) atoms. The van der Waals surface area contributed by atoms with E-state index in [4.69, 9.17) is 0 Å². The van der Waals surface area contributed by atoms with Crippen molar-refractivity contribution in [2.45, 2.75) is 38.5 Å². The summed E-state index contributed by atoms with van der Waals surface area (Å²) in [5, 5.41) is 14.9. The van der Waals surface area contributed by atoms with E-state index < -0.39 is 0 Å². The van der Waals surface area contributed by atoms with E-state index in [1.54, 1.807) is 25.2 Å². The van der Waals surface area contributed by atoms with Crippen molar-refractivity contribution in [1.82, 2.24) is 10.6 Å². The molecule has 1 aromatic carbocycles. The Bertz CT molecular complexity index is 461. The largest absolute Gasteiger partial charge is 0.507 e. The highest BCUT2D eigenvalue weighted by atomic mass is 16.3. The lowest BCUT2D eigenvalue weighted by Crippen LogP contribution is -2.24. The smallest absolute Gasteiger partial charge is 0.255 e. The highest BCUT2D eigenvalue weighted by Crippen LogP contribution is 2.15. The lowest BCUT2D eigenvalue weighted by atomic mass is 10.1. The third kappa shape index (κ3) is 6.79. The Morgan fingerprint density at radius 1 is 1.05 bits per heavy atom. The van der Waals surface area contributed by atoms with E-state index in [-0.39, 0.29) is 17.6 Å². The van der Waals surface area contributed by atoms with Gasteiger partial charge in [0.15, 0.2) is 0 Å². The van der Waals surface area contributed by atoms with Crippen LogP contribution >= 0.6 is 0 Å². The fraction of sp³-hybridized carbons (Fsp3) is 0.500. The third-order valence-electron chi connectivity index (χ3n) is 3.29. The molecule has 0 aromatic heterocycles. The molecule has 0 saturated carbocycles. The van der Waals surface area contributed by atoms with Crippen LogP contribution in [0, 0.1) is 0 Å². The van der Waals surface area contributed by atoms with Crippen LogP contribution in [0.5, 0.6) is 5.75 Å². The minimum Gasteiger partial charge on any atom is -0.507 e. The van der Waals surface area contributed by atoms with Gasteiger partial charge in [0.2, 0.25) is 5.91 Å². The lowest BCUT2D eigenvalue weighted by molar-refractivity contribution is -0.120. The molecule has 0 heterocycles. The minimum atomic E-state index is -0.243. The fourth-order valence-electron chi connectivity index (χ4n) is 2.03. The van der Waals surface area contributed by atoms with Gasteiger partial charge in [-0.1, -0.05) is 31.4 Å². The van der Waals surface area contributed by atoms with Gasteiger partial charge in [-0.25, -0.2) is 0 Å². The number of nitrogens with one attached hydrogen (secondary N) is 2. The first kappa shape index (κ1) is 17.0. The predicted molar refractivity (Wildman–Crippen MR) is 82.2 cm³/mol. The number of para-hydroxylation sites is 1. The number of amides is 2. The Kier molecular flexibility index (Phi) is 7.94. The third-order valence-corrected chi connectivity index (χ3v) is 3.29. The number of hydrogen-bond acceptors (Lipinski definition) is 3. The van der Waals surface area contributed by atoms with Gasteiger partial charge in [0, 0.05) is 20.0 Å². The first-order valence-electron chi connectivity index (χ1n) is 7.42. The van der Waals surface area contributed by atoms with Crippen LogP contribution in [0.15, 0.2) is 24.3 Å². The van der Waals surface area contributed by atoms with Crippen molar-refractivity contribution in [2.24, 2.45) is 0 Å². The number of carbonyl (C=O) groups is 2. The number of hydrogen-bond donors (Lipinski definition) is 3. The van der Waals surface area contributed by atoms with Crippen LogP contribution in [0.4, 0.5) is 0 Å². The molecule has 0 radical (unpaired) electrons. The molecule has 0 aliphatic rings. The topological polar surface area (TPSA) is 78.4 Å². The van der Waals surface area contributed by atoms with Gasteiger partial charge >= 0.3 is 0 Å². The van der Waals surface area contributed by atoms with Crippen molar-refractivity contribution < 1.29 is 14.7 Å². The van der Waals surface area contributed by atoms with E-state index in [1.807, 2.05) is 0 Å². The fourth-order valence-corrected chi connectivity index (χ4v) is 2.03. The standard InChI is InChI=1S/C16H24N2O3/c1-17-15(20)11-5-3-2-4-8-12-18-16(21)13-9-6-7-10-14(13)19/h6-7,9-10,19H,2-5,8,11-12H2,1H3,(H,17,20)(H,18,21). The van der Waals surface area contributed by atoms with Crippen molar-refractivity contribution in [3.05, 3.63) is 29.8 Å². The molecular weight excluding hydrogens is 268 g/mol. The summed E-state index contributed by atoms with van der Waals surface area (Å²) in [6, 6.07) is 6.51. The van der Waals surface area contributed by atoms with Crippen LogP contribution in [-0.4, -0.2) is 30.5 Å². The number of phenolic OH excluding ortho intramolecular Hbond substituents is 1. The van der Waals surface area contributed by atoms with Crippen LogP contribution in [-0.2, 0) is 4.79 Å². The lowest BCUT2D eigenvalue weighted by Gasteiger charge is -2.06. The second kappa shape index (κ2) is 9.80. The molecule has 3 N–H and O–H groups in total. The highest BCUT2D eigenvalue weighted by Gasteiger charge is 2.08. The monoisotopic (exact) mass is 292 g/mol. The number of phenols is 1. The van der Waals surface area contributed by atoms with Crippen LogP contribution in [0.25, 0.3) is 0 Å². The SMILES string of the molecule is CNC(=O)CCCCCCCNC(=O)c1ccccc1O. The number of carbonyl (C=O) groups excluding carboxylic acids is 2. The van der Waals surface area contributed by atoms with Gasteiger partial charge in [0.05, 0.1) is 5.56 Å². The van der Waals surface area contributed by atoms with E-state index in [1.165, 1.54) is 6.07 Å². The highest BCUT2D eigenvalue weighted by molar-refractivity contribution is 5.96. The zero-order valence-corrected chi connectivity index (χ0v) is 12.5. The average Bonchev–Trinajstić information content (AvgIpc) is 2.49. The normalized spacial score (nSPS) is 10.1. The minimum absolute atomic E-state index is 0.00389. The van der Waals surface area contributed by atoms with E-state index in [0.717, 1.165) is 32.1 Å². The Balaban J connectivity index is 2.06. The molecule has 5 heteroatoms. The molecule has 0 bridgehead atoms. The van der Waals surface area contributed by atoms with Gasteiger partial charge in [-0.2, -0.15) is 0 Å². The molecule has 0 aliphatic heterocycles. The Labute approximate surface area is 125 Å². The van der Waals surface area contributed by atoms with E-state index >= 15 is 0 Å². The first-order chi connectivity index (χ1) is 10.1. The molecular formula is C16H24N2O3. The molecule has 116 valence electrons. The number of aromatic hydroxyl groups is 1. The number of benzene rings is 1. The summed E-state index contributed by atoms with van der Waals surface area (Å²) in [6.45, 7) is 0.600. The van der Waals surface area contributed by atoms with Crippen LogP contribution in [0.1, 0.15) is 48.9 Å². The maximum atomic E-state index is 11.8. The van der Waals surface area contributed by atoms with Crippen molar-refractivity contribution >= 4 is 11.8 Å². The van der Waals surface area contributed by atoms with Gasteiger partial charge in [0.1, 0.15) is 5.75 Å². The Hall–Kier alpha value is -2.04. The second-order valence-corrected chi connectivity index (χ2v) is 4.96. The number of rotatable bonds is 9. The van der Waals surface area contributed by atoms with Gasteiger partial charge < -0.3 is 15.7 Å². The van der Waals surface area contributed by atoms with Crippen LogP contribution in [0.3, 0.4) is 0 Å². The Morgan fingerprint density at radius 3 is 2.43 bits per heavy atom. The van der Waals surface area contributed by atoms with Crippen molar-refractivity contribution in [3.8, 4) is 5.75 Å². The first-order valence-corrected chi connectivity index (χ1v) is 7.42. The maximum Gasteiger partial charge on any atom is 0.255 e. The van der Waals surface area contributed by atoms with Gasteiger partial charge in [-0.05, 0) is 25.0 Å². The Morgan fingerprint density at radius 2 is 1.71 bits per heavy atom. The molecule has 0 unspecified atom stereocenters. The molecule has 0 spiro atoms. The molecule has 1 rings (SSSR count). The summed E-state index contributed by atoms with van der Waals surface area (Å²) in [5.41, 5.74) is 0.308. The van der Waals surface area contributed by atoms with Gasteiger partial charge in [0.25, 0.3) is 5.91 Å². The molecule has 0 aliphatic carbocycles. The number of unbranched alkanes of at least 4 members (excludes halogenated alkanes) is 4. The van der Waals surface area contributed by atoms with Gasteiger partial charge in [-0.15, -0.1) is 0 Å². The van der Waals surface area contributed by atoms with Crippen LogP contribution < -0.4 is 10.6 Å². The molecule has 5 nitrogen and oxygen atoms in total. The summed E-state index contributed by atoms with van der Waals surface area (Å²) < 4.78 is 0. The summed E-state index contributed by atoms with van der Waals surface area (Å²) in [6.07, 6.45) is 5.50. The predicted octanol–water partition coefficient (Wildman–Crippen LogP) is 2.21. The summed E-state index contributed by atoms with van der Waals surface area (Å²) in [7, 11) is 1.65. The second-order valence-electron chi connectivity index (χ2n) is 4.96. The summed E-state index contributed by atoms with van der Waals surface area (Å²) in [5.74, 6) is -0.151. The van der Waals surface area contributed by atoms with E-state index in [2.05, 4.69) is 10.6 Å². The van der Waals surface area contributed by atoms with Crippen molar-refractivity contribution in [3.63, 3.8) is 0 Å². The average molecular weight is 292 g/mol. The molecule has 0 saturated heterocycles. The quantitative estimate of drug-likeness (QED) is 0.611. The molecule has 0 atom stereocenters. The molecule has 1 aromatic rings. The van der Waals surface area contributed by atoms with E-state index in [0.29, 0.717) is 18.5 Å². The zero-order chi connectivity index (χ0) is 15.5. The summed E-state index contributed by atoms with van der Waals surface area (Å²) >= 11 is 0.